The minimum absolute atomic E-state index is 0.229. The van der Waals surface area contributed by atoms with Crippen LogP contribution in [0, 0.1) is 5.92 Å². The lowest BCUT2D eigenvalue weighted by molar-refractivity contribution is 0.414. The molecule has 0 fully saturated rings. The Labute approximate surface area is 160 Å². The van der Waals surface area contributed by atoms with E-state index in [-0.39, 0.29) is 17.2 Å². The van der Waals surface area contributed by atoms with Crippen LogP contribution in [0.1, 0.15) is 43.4 Å². The fourth-order valence-corrected chi connectivity index (χ4v) is 3.76. The van der Waals surface area contributed by atoms with Gasteiger partial charge < -0.3 is 15.3 Å². The van der Waals surface area contributed by atoms with Crippen LogP contribution in [-0.2, 0) is 5.41 Å². The number of hydrogen-bond donors (Lipinski definition) is 3. The van der Waals surface area contributed by atoms with E-state index in [1.54, 1.807) is 36.4 Å². The Morgan fingerprint density at radius 1 is 0.630 bits per heavy atom. The molecule has 3 rings (SSSR count). The predicted octanol–water partition coefficient (Wildman–Crippen LogP) is 5.57. The molecule has 0 saturated heterocycles. The van der Waals surface area contributed by atoms with Crippen molar-refractivity contribution < 1.29 is 15.3 Å². The third-order valence-electron chi connectivity index (χ3n) is 5.43. The van der Waals surface area contributed by atoms with Crippen LogP contribution >= 0.6 is 0 Å². The van der Waals surface area contributed by atoms with Gasteiger partial charge in [0.1, 0.15) is 17.2 Å². The fraction of sp³-hybridized carbons (Fsp3) is 0.250. The third-order valence-corrected chi connectivity index (χ3v) is 5.43. The molecule has 0 spiro atoms. The summed E-state index contributed by atoms with van der Waals surface area (Å²) >= 11 is 0. The monoisotopic (exact) mass is 362 g/mol. The number of rotatable bonds is 6. The molecule has 0 saturated carbocycles. The molecule has 1 unspecified atom stereocenters. The second-order valence-electron chi connectivity index (χ2n) is 7.26. The summed E-state index contributed by atoms with van der Waals surface area (Å²) in [6, 6.07) is 22.0. The fourth-order valence-electron chi connectivity index (χ4n) is 3.76. The van der Waals surface area contributed by atoms with Crippen molar-refractivity contribution in [2.24, 2.45) is 5.92 Å². The molecule has 0 amide bonds. The van der Waals surface area contributed by atoms with Crippen molar-refractivity contribution in [2.45, 2.75) is 32.1 Å². The van der Waals surface area contributed by atoms with E-state index in [0.29, 0.717) is 5.92 Å². The lowest BCUT2D eigenvalue weighted by Gasteiger charge is -2.38. The standard InChI is InChI=1S/C24H26O3/c1-3-17(2)16-24(18-4-10-21(25)11-5-18,19-6-12-22(26)13-7-19)20-8-14-23(27)15-9-20/h4-15,17,25-27H,3,16H2,1-2H3. The van der Waals surface area contributed by atoms with Gasteiger partial charge in [-0.05, 0) is 65.4 Å². The molecule has 3 N–H and O–H groups in total. The molecule has 3 aromatic rings. The molecule has 0 heterocycles. The third kappa shape index (κ3) is 3.77. The normalized spacial score (nSPS) is 12.7. The van der Waals surface area contributed by atoms with Crippen LogP contribution in [-0.4, -0.2) is 15.3 Å². The number of hydrogen-bond acceptors (Lipinski definition) is 3. The molecule has 27 heavy (non-hydrogen) atoms. The van der Waals surface area contributed by atoms with Crippen LogP contribution in [0.2, 0.25) is 0 Å². The van der Waals surface area contributed by atoms with Crippen LogP contribution in [0.5, 0.6) is 17.2 Å². The second kappa shape index (κ2) is 7.75. The number of phenolic OH excluding ortho intramolecular Hbond substituents is 3. The van der Waals surface area contributed by atoms with Crippen LogP contribution in [0.25, 0.3) is 0 Å². The molecule has 3 nitrogen and oxygen atoms in total. The first-order valence-electron chi connectivity index (χ1n) is 9.34. The summed E-state index contributed by atoms with van der Waals surface area (Å²) in [4.78, 5) is 0. The first kappa shape index (κ1) is 18.8. The van der Waals surface area contributed by atoms with E-state index < -0.39 is 5.41 Å². The van der Waals surface area contributed by atoms with Crippen molar-refractivity contribution in [3.8, 4) is 17.2 Å². The van der Waals surface area contributed by atoms with Crippen LogP contribution in [0.15, 0.2) is 72.8 Å². The van der Waals surface area contributed by atoms with E-state index in [1.807, 2.05) is 36.4 Å². The highest BCUT2D eigenvalue weighted by molar-refractivity contribution is 5.52. The Bertz CT molecular complexity index is 754. The van der Waals surface area contributed by atoms with E-state index in [4.69, 9.17) is 0 Å². The van der Waals surface area contributed by atoms with Crippen molar-refractivity contribution in [3.63, 3.8) is 0 Å². The Morgan fingerprint density at radius 3 is 1.19 bits per heavy atom. The van der Waals surface area contributed by atoms with Crippen molar-refractivity contribution in [1.82, 2.24) is 0 Å². The summed E-state index contributed by atoms with van der Waals surface area (Å²) < 4.78 is 0. The summed E-state index contributed by atoms with van der Waals surface area (Å²) in [5.74, 6) is 1.13. The minimum Gasteiger partial charge on any atom is -0.508 e. The maximum Gasteiger partial charge on any atom is 0.115 e. The summed E-state index contributed by atoms with van der Waals surface area (Å²) in [5.41, 5.74) is 2.75. The van der Waals surface area contributed by atoms with Crippen LogP contribution in [0.3, 0.4) is 0 Å². The summed E-state index contributed by atoms with van der Waals surface area (Å²) in [7, 11) is 0. The summed E-state index contributed by atoms with van der Waals surface area (Å²) in [6.45, 7) is 4.41. The molecule has 140 valence electrons. The van der Waals surface area contributed by atoms with Crippen LogP contribution < -0.4 is 0 Å². The van der Waals surface area contributed by atoms with Crippen molar-refractivity contribution in [3.05, 3.63) is 89.5 Å². The first-order valence-corrected chi connectivity index (χ1v) is 9.34. The lowest BCUT2D eigenvalue weighted by Crippen LogP contribution is -2.31. The van der Waals surface area contributed by atoms with Gasteiger partial charge >= 0.3 is 0 Å². The van der Waals surface area contributed by atoms with Crippen LogP contribution in [0.4, 0.5) is 0 Å². The second-order valence-corrected chi connectivity index (χ2v) is 7.26. The van der Waals surface area contributed by atoms with Gasteiger partial charge in [-0.2, -0.15) is 0 Å². The number of benzene rings is 3. The topological polar surface area (TPSA) is 60.7 Å². The van der Waals surface area contributed by atoms with E-state index in [9.17, 15) is 15.3 Å². The Balaban J connectivity index is 2.30. The Hall–Kier alpha value is -2.94. The molecular weight excluding hydrogens is 336 g/mol. The predicted molar refractivity (Wildman–Crippen MR) is 108 cm³/mol. The van der Waals surface area contributed by atoms with Gasteiger partial charge in [-0.15, -0.1) is 0 Å². The molecule has 0 aliphatic carbocycles. The minimum atomic E-state index is -0.454. The summed E-state index contributed by atoms with van der Waals surface area (Å²) in [5, 5.41) is 29.4. The van der Waals surface area contributed by atoms with Crippen molar-refractivity contribution >= 4 is 0 Å². The molecule has 1 atom stereocenters. The van der Waals surface area contributed by atoms with Crippen molar-refractivity contribution in [1.29, 1.82) is 0 Å². The van der Waals surface area contributed by atoms with Gasteiger partial charge in [0.25, 0.3) is 0 Å². The van der Waals surface area contributed by atoms with E-state index >= 15 is 0 Å². The average molecular weight is 362 g/mol. The SMILES string of the molecule is CCC(C)CC(c1ccc(O)cc1)(c1ccc(O)cc1)c1ccc(O)cc1. The van der Waals surface area contributed by atoms with Gasteiger partial charge in [-0.3, -0.25) is 0 Å². The average Bonchev–Trinajstić information content (AvgIpc) is 2.68. The largest absolute Gasteiger partial charge is 0.508 e. The Morgan fingerprint density at radius 2 is 0.926 bits per heavy atom. The van der Waals surface area contributed by atoms with Gasteiger partial charge in [-0.25, -0.2) is 0 Å². The van der Waals surface area contributed by atoms with Gasteiger partial charge in [0, 0.05) is 5.41 Å². The molecule has 0 bridgehead atoms. The van der Waals surface area contributed by atoms with Gasteiger partial charge in [0.15, 0.2) is 0 Å². The van der Waals surface area contributed by atoms with E-state index in [1.165, 1.54) is 0 Å². The van der Waals surface area contributed by atoms with Gasteiger partial charge in [-0.1, -0.05) is 56.7 Å². The summed E-state index contributed by atoms with van der Waals surface area (Å²) in [6.07, 6.45) is 1.90. The lowest BCUT2D eigenvalue weighted by atomic mass is 9.65. The van der Waals surface area contributed by atoms with E-state index in [0.717, 1.165) is 29.5 Å². The van der Waals surface area contributed by atoms with Gasteiger partial charge in [0.2, 0.25) is 0 Å². The Kier molecular flexibility index (Phi) is 5.41. The molecule has 0 radical (unpaired) electrons. The zero-order chi connectivity index (χ0) is 19.4. The molecule has 3 aromatic carbocycles. The highest BCUT2D eigenvalue weighted by Crippen LogP contribution is 2.45. The smallest absolute Gasteiger partial charge is 0.115 e. The molecule has 3 heteroatoms. The zero-order valence-electron chi connectivity index (χ0n) is 15.8. The highest BCUT2D eigenvalue weighted by atomic mass is 16.3. The molecule has 0 aliphatic rings. The maximum absolute atomic E-state index is 9.80. The first-order chi connectivity index (χ1) is 13.0. The molecular formula is C24H26O3. The molecule has 0 aliphatic heterocycles. The number of aromatic hydroxyl groups is 3. The quantitative estimate of drug-likeness (QED) is 0.502. The van der Waals surface area contributed by atoms with Crippen molar-refractivity contribution in [2.75, 3.05) is 0 Å². The van der Waals surface area contributed by atoms with E-state index in [2.05, 4.69) is 13.8 Å². The number of phenols is 3. The molecule has 0 aromatic heterocycles. The maximum atomic E-state index is 9.80. The zero-order valence-corrected chi connectivity index (χ0v) is 15.8. The highest BCUT2D eigenvalue weighted by Gasteiger charge is 2.37. The van der Waals surface area contributed by atoms with Gasteiger partial charge in [0.05, 0.1) is 0 Å².